The van der Waals surface area contributed by atoms with E-state index in [1.54, 1.807) is 102 Å². The van der Waals surface area contributed by atoms with E-state index in [1.807, 2.05) is 0 Å². The van der Waals surface area contributed by atoms with Crippen molar-refractivity contribution in [2.75, 3.05) is 26.2 Å². The number of aromatic amines is 1. The molecule has 2 aromatic carbocycles. The van der Waals surface area contributed by atoms with Gasteiger partial charge < -0.3 is 112 Å². The van der Waals surface area contributed by atoms with Gasteiger partial charge in [0, 0.05) is 50.8 Å². The second kappa shape index (κ2) is 44.9. The zero-order chi connectivity index (χ0) is 82.3. The minimum absolute atomic E-state index is 0.00455. The van der Waals surface area contributed by atoms with Gasteiger partial charge in [0.2, 0.25) is 76.8 Å². The fraction of sp³-hybridized carbons (Fsp3) is 0.595. The van der Waals surface area contributed by atoms with Gasteiger partial charge in [-0.25, -0.2) is 9.78 Å². The molecular weight excluding hydrogens is 1440 g/mol. The number of primary amides is 1. The fourth-order valence-electron chi connectivity index (χ4n) is 12.8. The number of amides is 13. The molecule has 3 aromatic rings. The Balaban J connectivity index is 1.35. The second-order valence-corrected chi connectivity index (χ2v) is 29.0. The number of nitrogens with zero attached hydrogens (tertiary/aromatic N) is 4. The van der Waals surface area contributed by atoms with Crippen LogP contribution in [0.2, 0.25) is 0 Å². The molecule has 5 rings (SSSR count). The third-order valence-corrected chi connectivity index (χ3v) is 19.5. The van der Waals surface area contributed by atoms with Crippen LogP contribution in [0.25, 0.3) is 0 Å². The predicted octanol–water partition coefficient (Wildman–Crippen LogP) is -4.14. The number of imidazole rings is 1. The number of carbonyl (C=O) groups excluding carboxylic acids is 13. The maximum atomic E-state index is 14.9. The number of H-pyrrole nitrogens is 1. The Bertz CT molecular complexity index is 3660. The summed E-state index contributed by atoms with van der Waals surface area (Å²) in [6, 6.07) is -1.53. The number of hydrogen-bond acceptors (Lipinski definition) is 20. The topological polar surface area (TPSA) is 598 Å². The average Bonchev–Trinajstić information content (AvgIpc) is 1.79. The molecule has 16 atom stereocenters. The Labute approximate surface area is 645 Å². The molecule has 0 bridgehead atoms. The molecule has 0 spiro atoms. The molecule has 2 fully saturated rings. The van der Waals surface area contributed by atoms with Crippen molar-refractivity contribution in [3.8, 4) is 0 Å². The monoisotopic (exact) mass is 1550 g/mol. The van der Waals surface area contributed by atoms with Crippen molar-refractivity contribution in [3.63, 3.8) is 0 Å². The van der Waals surface area contributed by atoms with Crippen LogP contribution in [0.1, 0.15) is 143 Å². The van der Waals surface area contributed by atoms with Crippen LogP contribution in [0, 0.1) is 17.8 Å². The number of benzene rings is 2. The van der Waals surface area contributed by atoms with Gasteiger partial charge in [0.15, 0.2) is 5.96 Å². The molecular formula is C74H114N20O17. The van der Waals surface area contributed by atoms with Crippen LogP contribution in [0.5, 0.6) is 0 Å². The van der Waals surface area contributed by atoms with Gasteiger partial charge in [-0.2, -0.15) is 0 Å². The molecule has 0 radical (unpaired) electrons. The van der Waals surface area contributed by atoms with Crippen LogP contribution in [0.3, 0.4) is 0 Å². The molecule has 2 aliphatic rings. The average molecular weight is 1560 g/mol. The highest BCUT2D eigenvalue weighted by Crippen LogP contribution is 2.23. The number of guanidine groups is 1. The largest absolute Gasteiger partial charge is 0.480 e. The molecule has 612 valence electrons. The molecule has 2 aliphatic heterocycles. The third-order valence-electron chi connectivity index (χ3n) is 19.5. The number of aliphatic hydroxyl groups is 2. The van der Waals surface area contributed by atoms with E-state index in [1.165, 1.54) is 26.4 Å². The van der Waals surface area contributed by atoms with Gasteiger partial charge in [-0.15, -0.1) is 0 Å². The van der Waals surface area contributed by atoms with E-state index < -0.39 is 192 Å². The number of rotatable bonds is 45. The normalized spacial score (nSPS) is 17.9. The van der Waals surface area contributed by atoms with Gasteiger partial charge in [0.1, 0.15) is 72.5 Å². The zero-order valence-electron chi connectivity index (χ0n) is 64.3. The maximum absolute atomic E-state index is 14.9. The highest BCUT2D eigenvalue weighted by atomic mass is 16.4. The predicted molar refractivity (Wildman–Crippen MR) is 406 cm³/mol. The van der Waals surface area contributed by atoms with Crippen molar-refractivity contribution in [1.82, 2.24) is 72.9 Å². The van der Waals surface area contributed by atoms with Gasteiger partial charge in [-0.05, 0) is 107 Å². The van der Waals surface area contributed by atoms with Crippen LogP contribution in [-0.2, 0) is 86.4 Å². The first kappa shape index (κ1) is 91.0. The lowest BCUT2D eigenvalue weighted by atomic mass is 9.95. The first-order valence-corrected chi connectivity index (χ1v) is 37.6. The highest BCUT2D eigenvalue weighted by molar-refractivity contribution is 6.01. The van der Waals surface area contributed by atoms with Crippen LogP contribution < -0.4 is 81.8 Å². The molecule has 13 amide bonds. The Hall–Kier alpha value is -10.7. The summed E-state index contributed by atoms with van der Waals surface area (Å²) < 4.78 is 0. The minimum atomic E-state index is -1.81. The van der Waals surface area contributed by atoms with Gasteiger partial charge in [-0.1, -0.05) is 109 Å². The molecule has 1 aromatic heterocycles. The Morgan fingerprint density at radius 3 is 1.43 bits per heavy atom. The molecule has 3 unspecified atom stereocenters. The molecule has 37 heteroatoms. The van der Waals surface area contributed by atoms with Crippen molar-refractivity contribution in [2.24, 2.45) is 51.4 Å². The summed E-state index contributed by atoms with van der Waals surface area (Å²) in [5.41, 5.74) is 30.4. The van der Waals surface area contributed by atoms with Crippen molar-refractivity contribution in [1.29, 1.82) is 0 Å². The van der Waals surface area contributed by atoms with E-state index in [2.05, 4.69) is 68.1 Å². The standard InChI is InChI=1S/C74H114N20O17/c1-9-41(6)58(70(107)89-57(40(4)5)69(106)92-60(43(8)96)71(108)93-31-19-27-53(93)67(104)84-48(26-18-30-81-74(78)79)62(99)91-59(42(7)95)72(109)94-32-20-28-54(94)73(110)111)90-66(103)52(36-55(76)97)87-61(98)47(25-16-17-29-75)83-63(100)49(33-44-21-12-10-13-22-44)85-64(101)50(34-45-23-14-11-15-24-45)86-65(102)51(35-46-37-80-38-82-46)88-68(105)56(77)39(2)3/h10-15,21-24,37-43,47-54,56-60,95-96H,9,16-20,25-36,75,77H2,1-8H3,(H2,76,97)(H,80,82)(H,83,100)(H,84,104)(H,85,101)(H,86,102)(H,87,98)(H,88,105)(H,89,107)(H,90,103)(H,91,99)(H,92,106)(H,110,111)(H4,78,79,81)/t41-,42+,43+,47?,48-,49-,50?,51?,52-,53-,54-,56-,57-,58-,59-,60-/m0/s1. The van der Waals surface area contributed by atoms with Gasteiger partial charge in [-0.3, -0.25) is 67.3 Å². The summed E-state index contributed by atoms with van der Waals surface area (Å²) in [5.74, 6) is -15.1. The summed E-state index contributed by atoms with van der Waals surface area (Å²) in [6.07, 6.45) is -0.0224. The number of hydrogen-bond donors (Lipinski definition) is 19. The van der Waals surface area contributed by atoms with Crippen molar-refractivity contribution < 1.29 is 82.4 Å². The number of likely N-dealkylation sites (tertiary alicyclic amines) is 2. The van der Waals surface area contributed by atoms with E-state index in [0.29, 0.717) is 29.7 Å². The molecule has 2 saturated heterocycles. The molecule has 37 nitrogen and oxygen atoms in total. The molecule has 111 heavy (non-hydrogen) atoms. The number of aliphatic carboxylic acids is 1. The van der Waals surface area contributed by atoms with Gasteiger partial charge >= 0.3 is 5.97 Å². The van der Waals surface area contributed by atoms with Crippen LogP contribution >= 0.6 is 0 Å². The van der Waals surface area contributed by atoms with E-state index in [0.717, 1.165) is 9.80 Å². The third kappa shape index (κ3) is 28.3. The number of nitrogens with one attached hydrogen (secondary N) is 11. The maximum Gasteiger partial charge on any atom is 0.326 e. The van der Waals surface area contributed by atoms with Crippen LogP contribution in [0.15, 0.2) is 78.2 Å². The minimum Gasteiger partial charge on any atom is -0.480 e. The van der Waals surface area contributed by atoms with E-state index in [9.17, 15) is 82.4 Å². The molecule has 0 aliphatic carbocycles. The first-order chi connectivity index (χ1) is 52.6. The second-order valence-electron chi connectivity index (χ2n) is 29.0. The van der Waals surface area contributed by atoms with Crippen LogP contribution in [0.4, 0.5) is 0 Å². The Morgan fingerprint density at radius 2 is 0.955 bits per heavy atom. The number of unbranched alkanes of at least 4 members (excludes halogenated alkanes) is 1. The lowest BCUT2D eigenvalue weighted by molar-refractivity contribution is -0.151. The highest BCUT2D eigenvalue weighted by Gasteiger charge is 2.45. The number of aliphatic imine (C=N–C) groups is 1. The van der Waals surface area contributed by atoms with Crippen molar-refractivity contribution in [2.45, 2.75) is 236 Å². The molecule has 24 N–H and O–H groups in total. The summed E-state index contributed by atoms with van der Waals surface area (Å²) in [7, 11) is 0. The number of carboxylic acids is 1. The Morgan fingerprint density at radius 1 is 0.523 bits per heavy atom. The van der Waals surface area contributed by atoms with E-state index in [4.69, 9.17) is 28.7 Å². The molecule has 3 heterocycles. The van der Waals surface area contributed by atoms with E-state index >= 15 is 0 Å². The number of aliphatic hydroxyl groups excluding tert-OH is 2. The number of carboxylic acid groups (broad SMARTS) is 1. The van der Waals surface area contributed by atoms with Crippen molar-refractivity contribution in [3.05, 3.63) is 90.0 Å². The van der Waals surface area contributed by atoms with Gasteiger partial charge in [0.25, 0.3) is 0 Å². The van der Waals surface area contributed by atoms with Gasteiger partial charge in [0.05, 0.1) is 31.0 Å². The summed E-state index contributed by atoms with van der Waals surface area (Å²) in [5, 5.41) is 58.0. The smallest absolute Gasteiger partial charge is 0.326 e. The van der Waals surface area contributed by atoms with Crippen molar-refractivity contribution >= 4 is 88.7 Å². The first-order valence-electron chi connectivity index (χ1n) is 37.6. The zero-order valence-corrected chi connectivity index (χ0v) is 64.3. The van der Waals surface area contributed by atoms with E-state index in [-0.39, 0.29) is 109 Å². The quantitative estimate of drug-likeness (QED) is 0.0145. The fourth-order valence-corrected chi connectivity index (χ4v) is 12.8. The lowest BCUT2D eigenvalue weighted by Gasteiger charge is -2.33. The number of aromatic nitrogens is 2. The SMILES string of the molecule is CC[C@H](C)[C@H](NC(=O)[C@H](CC(N)=O)NC(=O)C(CCCCN)NC(=O)[C@H](Cc1ccccc1)NC(=O)C(Cc1ccccc1)NC(=O)C(Cc1cnc[nH]1)NC(=O)[C@@H](N)C(C)C)C(=O)N[C@H](C(=O)N[C@H](C(=O)N1CCC[C@H]1C(=O)N[C@@H](CCCN=C(N)N)C(=O)N[C@H](C(=O)N1CCC[C@H]1C(=O)O)[C@@H](C)O)[C@@H](C)O)C(C)C. The summed E-state index contributed by atoms with van der Waals surface area (Å²) in [6.45, 7) is 12.5. The van der Waals surface area contributed by atoms with Crippen LogP contribution in [-0.4, -0.2) is 241 Å². The number of nitrogens with two attached hydrogens (primary N) is 5. The molecule has 0 saturated carbocycles. The number of carbonyl (C=O) groups is 14. The summed E-state index contributed by atoms with van der Waals surface area (Å²) >= 11 is 0. The summed E-state index contributed by atoms with van der Waals surface area (Å²) in [4.78, 5) is 210. The lowest BCUT2D eigenvalue weighted by Crippen LogP contribution is -2.63. The Kier molecular flexibility index (Phi) is 36.8.